The van der Waals surface area contributed by atoms with Crippen LogP contribution in [0.4, 0.5) is 0 Å². The molecular formula is C17H32O3Si. The predicted molar refractivity (Wildman–Crippen MR) is 89.8 cm³/mol. The van der Waals surface area contributed by atoms with Crippen molar-refractivity contribution >= 4 is 14.3 Å². The van der Waals surface area contributed by atoms with Gasteiger partial charge >= 0.3 is 5.97 Å². The second-order valence-corrected chi connectivity index (χ2v) is 12.3. The Bertz CT molecular complexity index is 361. The van der Waals surface area contributed by atoms with E-state index in [1.807, 2.05) is 13.0 Å². The maximum Gasteiger partial charge on any atom is 0.330 e. The first-order valence-electron chi connectivity index (χ1n) is 8.18. The average Bonchev–Trinajstić information content (AvgIpc) is 2.36. The van der Waals surface area contributed by atoms with E-state index in [-0.39, 0.29) is 11.0 Å². The van der Waals surface area contributed by atoms with Gasteiger partial charge in [0, 0.05) is 12.2 Å². The molecule has 0 unspecified atom stereocenters. The number of carbonyl (C=O) groups excluding carboxylic acids is 1. The molecular weight excluding hydrogens is 280 g/mol. The van der Waals surface area contributed by atoms with Gasteiger partial charge in [-0.05, 0) is 56.7 Å². The number of hydrogen-bond donors (Lipinski definition) is 0. The van der Waals surface area contributed by atoms with E-state index in [4.69, 9.17) is 9.16 Å². The van der Waals surface area contributed by atoms with Gasteiger partial charge in [0.1, 0.15) is 0 Å². The Morgan fingerprint density at radius 2 is 1.76 bits per heavy atom. The fraction of sp³-hybridized carbons (Fsp3) is 0.824. The molecule has 0 amide bonds. The highest BCUT2D eigenvalue weighted by atomic mass is 28.4. The Morgan fingerprint density at radius 3 is 2.24 bits per heavy atom. The first-order chi connectivity index (χ1) is 9.65. The van der Waals surface area contributed by atoms with Crippen LogP contribution in [0.15, 0.2) is 12.2 Å². The fourth-order valence-corrected chi connectivity index (χ4v) is 3.82. The zero-order valence-corrected chi connectivity index (χ0v) is 15.6. The minimum atomic E-state index is -1.65. The smallest absolute Gasteiger partial charge is 0.330 e. The summed E-state index contributed by atoms with van der Waals surface area (Å²) in [6.45, 7) is 13.8. The van der Waals surface area contributed by atoms with Gasteiger partial charge < -0.3 is 9.16 Å². The van der Waals surface area contributed by atoms with Crippen molar-refractivity contribution in [2.24, 2.45) is 5.92 Å². The number of esters is 1. The molecule has 0 spiro atoms. The van der Waals surface area contributed by atoms with Crippen molar-refractivity contribution in [2.45, 2.75) is 77.6 Å². The molecule has 0 N–H and O–H groups in total. The highest BCUT2D eigenvalue weighted by Crippen LogP contribution is 2.39. The van der Waals surface area contributed by atoms with Crippen molar-refractivity contribution in [3.8, 4) is 0 Å². The van der Waals surface area contributed by atoms with Crippen LogP contribution in [0, 0.1) is 5.92 Å². The van der Waals surface area contributed by atoms with Gasteiger partial charge in [0.15, 0.2) is 8.32 Å². The van der Waals surface area contributed by atoms with Crippen molar-refractivity contribution in [1.29, 1.82) is 0 Å². The maximum absolute atomic E-state index is 11.3. The van der Waals surface area contributed by atoms with Crippen molar-refractivity contribution in [3.63, 3.8) is 0 Å². The summed E-state index contributed by atoms with van der Waals surface area (Å²) in [5, 5.41) is 0.271. The summed E-state index contributed by atoms with van der Waals surface area (Å²) in [6.07, 6.45) is 8.42. The average molecular weight is 313 g/mol. The van der Waals surface area contributed by atoms with Crippen LogP contribution in [0.25, 0.3) is 0 Å². The maximum atomic E-state index is 11.3. The van der Waals surface area contributed by atoms with Crippen LogP contribution < -0.4 is 0 Å². The van der Waals surface area contributed by atoms with E-state index in [1.54, 1.807) is 6.08 Å². The normalized spacial score (nSPS) is 24.3. The van der Waals surface area contributed by atoms with Gasteiger partial charge in [0.25, 0.3) is 0 Å². The molecule has 0 heterocycles. The lowest BCUT2D eigenvalue weighted by Gasteiger charge is -2.41. The molecule has 1 aliphatic rings. The molecule has 21 heavy (non-hydrogen) atoms. The van der Waals surface area contributed by atoms with Crippen LogP contribution in [0.2, 0.25) is 18.1 Å². The summed E-state index contributed by atoms with van der Waals surface area (Å²) in [6, 6.07) is 0. The first kappa shape index (κ1) is 18.4. The van der Waals surface area contributed by atoms with Gasteiger partial charge in [0.2, 0.25) is 0 Å². The molecule has 0 radical (unpaired) electrons. The van der Waals surface area contributed by atoms with E-state index in [9.17, 15) is 4.79 Å². The third-order valence-corrected chi connectivity index (χ3v) is 9.31. The molecule has 0 aromatic heterocycles. The lowest BCUT2D eigenvalue weighted by atomic mass is 9.87. The van der Waals surface area contributed by atoms with E-state index in [1.165, 1.54) is 0 Å². The largest absolute Gasteiger partial charge is 0.463 e. The summed E-state index contributed by atoms with van der Waals surface area (Å²) in [5.74, 6) is 0.269. The van der Waals surface area contributed by atoms with Crippen molar-refractivity contribution in [1.82, 2.24) is 0 Å². The van der Waals surface area contributed by atoms with Crippen molar-refractivity contribution in [3.05, 3.63) is 12.2 Å². The quantitative estimate of drug-likeness (QED) is 0.420. The summed E-state index contributed by atoms with van der Waals surface area (Å²) in [4.78, 5) is 11.3. The first-order valence-corrected chi connectivity index (χ1v) is 11.1. The third kappa shape index (κ3) is 5.95. The molecule has 0 bridgehead atoms. The third-order valence-electron chi connectivity index (χ3n) is 4.78. The molecule has 4 heteroatoms. The van der Waals surface area contributed by atoms with Crippen molar-refractivity contribution in [2.75, 3.05) is 6.61 Å². The minimum Gasteiger partial charge on any atom is -0.463 e. The molecule has 122 valence electrons. The number of rotatable bonds is 5. The molecule has 3 nitrogen and oxygen atoms in total. The van der Waals surface area contributed by atoms with Gasteiger partial charge in [-0.15, -0.1) is 0 Å². The molecule has 0 aromatic rings. The fourth-order valence-electron chi connectivity index (χ4n) is 2.40. The molecule has 0 aromatic carbocycles. The van der Waals surface area contributed by atoms with E-state index < -0.39 is 8.32 Å². The molecule has 0 atom stereocenters. The number of carbonyl (C=O) groups is 1. The van der Waals surface area contributed by atoms with E-state index in [2.05, 4.69) is 33.9 Å². The Morgan fingerprint density at radius 1 is 1.19 bits per heavy atom. The van der Waals surface area contributed by atoms with Crippen LogP contribution in [-0.4, -0.2) is 27.0 Å². The summed E-state index contributed by atoms with van der Waals surface area (Å²) >= 11 is 0. The van der Waals surface area contributed by atoms with E-state index in [0.717, 1.165) is 25.7 Å². The number of allylic oxidation sites excluding steroid dienone is 1. The second kappa shape index (κ2) is 7.59. The Labute approximate surface area is 131 Å². The molecule has 1 aliphatic carbocycles. The number of ether oxygens (including phenoxy) is 1. The molecule has 1 fully saturated rings. The zero-order chi connectivity index (χ0) is 16.1. The summed E-state index contributed by atoms with van der Waals surface area (Å²) < 4.78 is 11.4. The van der Waals surface area contributed by atoms with Gasteiger partial charge in [-0.2, -0.15) is 0 Å². The topological polar surface area (TPSA) is 35.5 Å². The van der Waals surface area contributed by atoms with E-state index >= 15 is 0 Å². The Hall–Kier alpha value is -0.613. The molecule has 1 saturated carbocycles. The van der Waals surface area contributed by atoms with Crippen molar-refractivity contribution < 1.29 is 14.0 Å². The lowest BCUT2D eigenvalue weighted by molar-refractivity contribution is -0.137. The zero-order valence-electron chi connectivity index (χ0n) is 14.6. The second-order valence-electron chi connectivity index (χ2n) is 7.53. The standard InChI is InChI=1S/C17H32O3Si/c1-7-19-16(18)13-10-14-8-11-15(12-9-14)20-21(5,6)17(2,3)4/h10,13-15H,7-9,11-12H2,1-6H3/b13-10+/t14-,15-. The Kier molecular flexibility index (Phi) is 6.66. The predicted octanol–water partition coefficient (Wildman–Crippen LogP) is 4.69. The highest BCUT2D eigenvalue weighted by Gasteiger charge is 2.39. The Balaban J connectivity index is 2.41. The van der Waals surface area contributed by atoms with Crippen LogP contribution in [-0.2, 0) is 14.0 Å². The van der Waals surface area contributed by atoms with Gasteiger partial charge in [0.05, 0.1) is 6.61 Å². The minimum absolute atomic E-state index is 0.225. The van der Waals surface area contributed by atoms with Crippen LogP contribution in [0.5, 0.6) is 0 Å². The SMILES string of the molecule is CCOC(=O)/C=C/[C@H]1CC[C@H](O[Si](C)(C)C(C)(C)C)CC1. The van der Waals surface area contributed by atoms with Gasteiger partial charge in [-0.3, -0.25) is 0 Å². The van der Waals surface area contributed by atoms with Crippen LogP contribution >= 0.6 is 0 Å². The summed E-state index contributed by atoms with van der Waals surface area (Å²) in [7, 11) is -1.65. The molecule has 0 saturated heterocycles. The van der Waals surface area contributed by atoms with E-state index in [0.29, 0.717) is 18.6 Å². The lowest BCUT2D eigenvalue weighted by Crippen LogP contribution is -2.44. The van der Waals surface area contributed by atoms with Gasteiger partial charge in [-0.1, -0.05) is 26.8 Å². The highest BCUT2D eigenvalue weighted by molar-refractivity contribution is 6.74. The molecule has 0 aliphatic heterocycles. The molecule has 1 rings (SSSR count). The monoisotopic (exact) mass is 312 g/mol. The number of hydrogen-bond acceptors (Lipinski definition) is 3. The summed E-state index contributed by atoms with van der Waals surface area (Å²) in [5.41, 5.74) is 0. The van der Waals surface area contributed by atoms with Crippen LogP contribution in [0.1, 0.15) is 53.4 Å². The van der Waals surface area contributed by atoms with Gasteiger partial charge in [-0.25, -0.2) is 4.79 Å². The van der Waals surface area contributed by atoms with Crippen LogP contribution in [0.3, 0.4) is 0 Å².